The molecule has 0 atom stereocenters. The van der Waals surface area contributed by atoms with Crippen LogP contribution in [0.2, 0.25) is 0 Å². The molecule has 3 aromatic carbocycles. The maximum atomic E-state index is 13.4. The average Bonchev–Trinajstić information content (AvgIpc) is 3.00. The summed E-state index contributed by atoms with van der Waals surface area (Å²) < 4.78 is 31.9. The fourth-order valence-electron chi connectivity index (χ4n) is 3.79. The monoisotopic (exact) mass is 544 g/mol. The molecule has 0 saturated heterocycles. The summed E-state index contributed by atoms with van der Waals surface area (Å²) in [7, 11) is 9.20. The van der Waals surface area contributed by atoms with E-state index in [1.807, 2.05) is 0 Å². The standard InChI is InChI=1S/C32H32O8/c1-35-24-12-11-23(30(20-24)38-4)19-25(26(33)13-7-21-9-15-28(36-2)31(17-21)39-5)27(34)14-8-22-10-16-29(37-3)32(18-22)40-6/h7-20H,1-6H3/b13-7+,14-8+. The Bertz CT molecular complexity index is 1370. The van der Waals surface area contributed by atoms with E-state index in [4.69, 9.17) is 28.4 Å². The first-order valence-electron chi connectivity index (χ1n) is 12.2. The first-order valence-corrected chi connectivity index (χ1v) is 12.2. The maximum Gasteiger partial charge on any atom is 0.189 e. The molecule has 0 spiro atoms. The summed E-state index contributed by atoms with van der Waals surface area (Å²) in [5.41, 5.74) is 1.87. The summed E-state index contributed by atoms with van der Waals surface area (Å²) in [4.78, 5) is 26.8. The van der Waals surface area contributed by atoms with Gasteiger partial charge in [-0.05, 0) is 65.8 Å². The second-order valence-electron chi connectivity index (χ2n) is 8.29. The summed E-state index contributed by atoms with van der Waals surface area (Å²) in [5, 5.41) is 0. The van der Waals surface area contributed by atoms with Crippen LogP contribution in [0.4, 0.5) is 0 Å². The van der Waals surface area contributed by atoms with E-state index in [2.05, 4.69) is 0 Å². The van der Waals surface area contributed by atoms with Crippen LogP contribution in [0.1, 0.15) is 16.7 Å². The summed E-state index contributed by atoms with van der Waals surface area (Å²) in [6.45, 7) is 0. The zero-order valence-electron chi connectivity index (χ0n) is 23.3. The molecule has 0 bridgehead atoms. The van der Waals surface area contributed by atoms with Crippen LogP contribution in [0.25, 0.3) is 18.2 Å². The molecule has 8 heteroatoms. The highest BCUT2D eigenvalue weighted by Crippen LogP contribution is 2.30. The number of hydrogen-bond donors (Lipinski definition) is 0. The van der Waals surface area contributed by atoms with Crippen molar-refractivity contribution in [3.8, 4) is 34.5 Å². The summed E-state index contributed by atoms with van der Waals surface area (Å²) in [6, 6.07) is 15.6. The minimum atomic E-state index is -0.491. The highest BCUT2D eigenvalue weighted by atomic mass is 16.5. The van der Waals surface area contributed by atoms with Crippen LogP contribution < -0.4 is 28.4 Å². The normalized spacial score (nSPS) is 10.8. The Hall–Kier alpha value is -4.98. The van der Waals surface area contributed by atoms with Crippen molar-refractivity contribution in [1.29, 1.82) is 0 Å². The molecule has 3 aromatic rings. The van der Waals surface area contributed by atoms with Gasteiger partial charge in [0.25, 0.3) is 0 Å². The Kier molecular flexibility index (Phi) is 10.5. The highest BCUT2D eigenvalue weighted by Gasteiger charge is 2.16. The largest absolute Gasteiger partial charge is 0.497 e. The molecule has 0 aliphatic carbocycles. The maximum absolute atomic E-state index is 13.4. The Balaban J connectivity index is 2.00. The van der Waals surface area contributed by atoms with Crippen LogP contribution in [0.15, 0.2) is 72.3 Å². The van der Waals surface area contributed by atoms with E-state index >= 15 is 0 Å². The van der Waals surface area contributed by atoms with Gasteiger partial charge >= 0.3 is 0 Å². The van der Waals surface area contributed by atoms with Crippen LogP contribution in [-0.4, -0.2) is 54.2 Å². The van der Waals surface area contributed by atoms with Crippen molar-refractivity contribution in [3.63, 3.8) is 0 Å². The van der Waals surface area contributed by atoms with E-state index in [9.17, 15) is 9.59 Å². The van der Waals surface area contributed by atoms with Crippen molar-refractivity contribution in [2.45, 2.75) is 0 Å². The summed E-state index contributed by atoms with van der Waals surface area (Å²) in [5.74, 6) is 2.21. The first-order chi connectivity index (χ1) is 19.4. The lowest BCUT2D eigenvalue weighted by Crippen LogP contribution is -2.09. The number of ketones is 2. The lowest BCUT2D eigenvalue weighted by atomic mass is 10.00. The topological polar surface area (TPSA) is 89.5 Å². The third kappa shape index (κ3) is 7.32. The van der Waals surface area contributed by atoms with Gasteiger partial charge in [-0.1, -0.05) is 24.3 Å². The number of carbonyl (C=O) groups is 2. The average molecular weight is 545 g/mol. The Labute approximate surface area is 234 Å². The van der Waals surface area contributed by atoms with E-state index in [-0.39, 0.29) is 5.57 Å². The van der Waals surface area contributed by atoms with Gasteiger partial charge in [-0.15, -0.1) is 0 Å². The molecular weight excluding hydrogens is 512 g/mol. The lowest BCUT2D eigenvalue weighted by molar-refractivity contribution is -0.116. The molecule has 0 radical (unpaired) electrons. The summed E-state index contributed by atoms with van der Waals surface area (Å²) >= 11 is 0. The zero-order valence-corrected chi connectivity index (χ0v) is 23.3. The highest BCUT2D eigenvalue weighted by molar-refractivity contribution is 6.31. The number of benzene rings is 3. The Morgan fingerprint density at radius 3 is 1.43 bits per heavy atom. The van der Waals surface area contributed by atoms with Crippen LogP contribution in [0.5, 0.6) is 34.5 Å². The number of rotatable bonds is 13. The van der Waals surface area contributed by atoms with Crippen molar-refractivity contribution in [1.82, 2.24) is 0 Å². The number of allylic oxidation sites excluding steroid dienone is 3. The number of ether oxygens (including phenoxy) is 6. The van der Waals surface area contributed by atoms with Crippen molar-refractivity contribution < 1.29 is 38.0 Å². The molecule has 8 nitrogen and oxygen atoms in total. The van der Waals surface area contributed by atoms with Gasteiger partial charge in [0.05, 0.1) is 48.2 Å². The zero-order chi connectivity index (χ0) is 29.1. The Morgan fingerprint density at radius 2 is 1.00 bits per heavy atom. The molecule has 3 rings (SSSR count). The predicted octanol–water partition coefficient (Wildman–Crippen LogP) is 5.69. The molecule has 0 saturated carbocycles. The SMILES string of the molecule is COc1ccc(C=C(C(=O)/C=C/c2ccc(OC)c(OC)c2)C(=O)/C=C/c2ccc(OC)c(OC)c2)c(OC)c1. The smallest absolute Gasteiger partial charge is 0.189 e. The van der Waals surface area contributed by atoms with Crippen molar-refractivity contribution in [2.24, 2.45) is 0 Å². The molecule has 0 aromatic heterocycles. The van der Waals surface area contributed by atoms with Gasteiger partial charge in [0.15, 0.2) is 34.6 Å². The minimum Gasteiger partial charge on any atom is -0.497 e. The minimum absolute atomic E-state index is 0.0584. The van der Waals surface area contributed by atoms with E-state index < -0.39 is 11.6 Å². The first kappa shape index (κ1) is 29.6. The van der Waals surface area contributed by atoms with Crippen LogP contribution in [0, 0.1) is 0 Å². The molecule has 0 N–H and O–H groups in total. The number of methoxy groups -OCH3 is 6. The number of hydrogen-bond acceptors (Lipinski definition) is 8. The van der Waals surface area contributed by atoms with Gasteiger partial charge in [0, 0.05) is 11.6 Å². The predicted molar refractivity (Wildman–Crippen MR) is 155 cm³/mol. The van der Waals surface area contributed by atoms with Gasteiger partial charge < -0.3 is 28.4 Å². The quantitative estimate of drug-likeness (QED) is 0.154. The molecule has 0 aliphatic rings. The summed E-state index contributed by atoms with van der Waals surface area (Å²) in [6.07, 6.45) is 7.39. The van der Waals surface area contributed by atoms with E-state index in [1.54, 1.807) is 88.1 Å². The molecule has 0 unspecified atom stereocenters. The van der Waals surface area contributed by atoms with Crippen molar-refractivity contribution in [2.75, 3.05) is 42.7 Å². The fourth-order valence-corrected chi connectivity index (χ4v) is 3.79. The third-order valence-electron chi connectivity index (χ3n) is 5.94. The van der Waals surface area contributed by atoms with Crippen molar-refractivity contribution >= 4 is 29.8 Å². The molecule has 0 amide bonds. The van der Waals surface area contributed by atoms with Crippen LogP contribution in [0.3, 0.4) is 0 Å². The molecule has 0 heterocycles. The van der Waals surface area contributed by atoms with E-state index in [1.165, 1.54) is 39.6 Å². The second-order valence-corrected chi connectivity index (χ2v) is 8.29. The molecular formula is C32H32O8. The molecule has 0 aliphatic heterocycles. The van der Waals surface area contributed by atoms with Crippen LogP contribution in [-0.2, 0) is 9.59 Å². The van der Waals surface area contributed by atoms with E-state index in [0.29, 0.717) is 51.2 Å². The third-order valence-corrected chi connectivity index (χ3v) is 5.94. The molecule has 40 heavy (non-hydrogen) atoms. The van der Waals surface area contributed by atoms with Gasteiger partial charge in [-0.2, -0.15) is 0 Å². The van der Waals surface area contributed by atoms with Gasteiger partial charge in [0.2, 0.25) is 0 Å². The van der Waals surface area contributed by atoms with Gasteiger partial charge in [-0.25, -0.2) is 0 Å². The molecule has 208 valence electrons. The Morgan fingerprint density at radius 1 is 0.525 bits per heavy atom. The van der Waals surface area contributed by atoms with Gasteiger partial charge in [-0.3, -0.25) is 9.59 Å². The lowest BCUT2D eigenvalue weighted by Gasteiger charge is -2.09. The fraction of sp³-hybridized carbons (Fsp3) is 0.188. The van der Waals surface area contributed by atoms with Gasteiger partial charge in [0.1, 0.15) is 11.5 Å². The number of carbonyl (C=O) groups excluding carboxylic acids is 2. The van der Waals surface area contributed by atoms with Crippen LogP contribution >= 0.6 is 0 Å². The second kappa shape index (κ2) is 14.2. The van der Waals surface area contributed by atoms with Crippen molar-refractivity contribution in [3.05, 3.63) is 89.0 Å². The van der Waals surface area contributed by atoms with E-state index in [0.717, 1.165) is 0 Å². The molecule has 0 fully saturated rings.